The molecular formula is C28H34FN3O7. The van der Waals surface area contributed by atoms with Crippen molar-refractivity contribution in [3.05, 3.63) is 47.3 Å². The molecule has 10 nitrogen and oxygen atoms in total. The molecule has 0 saturated heterocycles. The number of halogens is 1. The van der Waals surface area contributed by atoms with Gasteiger partial charge in [0.2, 0.25) is 0 Å². The molecular weight excluding hydrogens is 509 g/mol. The van der Waals surface area contributed by atoms with Crippen molar-refractivity contribution in [2.24, 2.45) is 5.92 Å². The minimum atomic E-state index is -1.75. The molecule has 1 aliphatic heterocycles. The van der Waals surface area contributed by atoms with Gasteiger partial charge in [-0.25, -0.2) is 9.18 Å². The lowest BCUT2D eigenvalue weighted by molar-refractivity contribution is -0.146. The van der Waals surface area contributed by atoms with Crippen LogP contribution in [0.5, 0.6) is 5.75 Å². The molecule has 2 aliphatic rings. The van der Waals surface area contributed by atoms with Crippen LogP contribution in [-0.4, -0.2) is 54.5 Å². The van der Waals surface area contributed by atoms with Crippen LogP contribution in [0.2, 0.25) is 0 Å². The lowest BCUT2D eigenvalue weighted by Crippen LogP contribution is -2.41. The van der Waals surface area contributed by atoms with Gasteiger partial charge in [0.1, 0.15) is 11.6 Å². The summed E-state index contributed by atoms with van der Waals surface area (Å²) in [4.78, 5) is 38.8. The normalized spacial score (nSPS) is 21.4. The summed E-state index contributed by atoms with van der Waals surface area (Å²) in [6.45, 7) is 1.82. The maximum absolute atomic E-state index is 14.0. The summed E-state index contributed by atoms with van der Waals surface area (Å²) in [5, 5.41) is 26.9. The predicted octanol–water partition coefficient (Wildman–Crippen LogP) is 4.47. The Bertz CT molecular complexity index is 1250. The number of ether oxygens (including phenoxy) is 2. The molecule has 0 bridgehead atoms. The van der Waals surface area contributed by atoms with E-state index < -0.39 is 23.9 Å². The molecule has 4 atom stereocenters. The minimum Gasteiger partial charge on any atom is -0.496 e. The third kappa shape index (κ3) is 5.93. The van der Waals surface area contributed by atoms with E-state index >= 15 is 0 Å². The van der Waals surface area contributed by atoms with Crippen LogP contribution in [0.25, 0.3) is 0 Å². The van der Waals surface area contributed by atoms with Gasteiger partial charge in [0.15, 0.2) is 6.10 Å². The van der Waals surface area contributed by atoms with E-state index in [4.69, 9.17) is 9.47 Å². The van der Waals surface area contributed by atoms with Crippen LogP contribution < -0.4 is 20.3 Å². The zero-order valence-electron chi connectivity index (χ0n) is 22.2. The van der Waals surface area contributed by atoms with E-state index in [1.54, 1.807) is 12.1 Å². The number of carbonyl (C=O) groups is 3. The summed E-state index contributed by atoms with van der Waals surface area (Å²) in [7, 11) is 2.72. The Hall–Kier alpha value is -3.86. The number of esters is 1. The number of hydrogen-bond acceptors (Lipinski definition) is 7. The third-order valence-electron chi connectivity index (χ3n) is 7.56. The molecule has 4 rings (SSSR count). The molecule has 0 spiro atoms. The quantitative estimate of drug-likeness (QED) is 0.376. The fourth-order valence-corrected chi connectivity index (χ4v) is 5.56. The number of anilines is 3. The lowest BCUT2D eigenvalue weighted by Gasteiger charge is -2.36. The first-order valence-electron chi connectivity index (χ1n) is 13.0. The fourth-order valence-electron chi connectivity index (χ4n) is 5.56. The predicted molar refractivity (Wildman–Crippen MR) is 143 cm³/mol. The van der Waals surface area contributed by atoms with Crippen LogP contribution >= 0.6 is 0 Å². The molecule has 11 heteroatoms. The van der Waals surface area contributed by atoms with Crippen molar-refractivity contribution >= 4 is 35.0 Å². The summed E-state index contributed by atoms with van der Waals surface area (Å²) in [6, 6.07) is 6.55. The van der Waals surface area contributed by atoms with E-state index in [0.717, 1.165) is 31.4 Å². The number of nitrogens with zero attached hydrogens (tertiary/aromatic N) is 1. The van der Waals surface area contributed by atoms with Crippen LogP contribution in [-0.2, 0) is 20.7 Å². The van der Waals surface area contributed by atoms with Crippen molar-refractivity contribution in [3.63, 3.8) is 0 Å². The van der Waals surface area contributed by atoms with Crippen LogP contribution in [0.1, 0.15) is 56.3 Å². The number of amides is 2. The number of fused-ring (bicyclic) bond motifs is 1. The van der Waals surface area contributed by atoms with Gasteiger partial charge >= 0.3 is 12.1 Å². The zero-order valence-corrected chi connectivity index (χ0v) is 22.2. The molecule has 2 amide bonds. The Morgan fingerprint density at radius 1 is 1.13 bits per heavy atom. The number of rotatable bonds is 7. The van der Waals surface area contributed by atoms with Gasteiger partial charge in [-0.05, 0) is 69.4 Å². The SMILES string of the molecule is COC(=O)[C@@H]1CCC[C@@H](Nc2ccc3c(c2NC(=O)C(O)c2cc(F)ccc2OC)CCC(C)N3C(=O)O)C1. The van der Waals surface area contributed by atoms with E-state index in [1.165, 1.54) is 25.2 Å². The summed E-state index contributed by atoms with van der Waals surface area (Å²) in [6.07, 6.45) is 1.02. The van der Waals surface area contributed by atoms with Gasteiger partial charge in [-0.2, -0.15) is 0 Å². The number of aliphatic hydroxyl groups excluding tert-OH is 1. The number of carboxylic acid groups (broad SMARTS) is 1. The van der Waals surface area contributed by atoms with E-state index in [1.807, 2.05) is 6.92 Å². The first-order valence-corrected chi connectivity index (χ1v) is 13.0. The number of aliphatic hydroxyl groups is 1. The van der Waals surface area contributed by atoms with Gasteiger partial charge in [-0.15, -0.1) is 0 Å². The smallest absolute Gasteiger partial charge is 0.412 e. The van der Waals surface area contributed by atoms with Crippen LogP contribution in [0.3, 0.4) is 0 Å². The number of carbonyl (C=O) groups excluding carboxylic acids is 2. The first kappa shape index (κ1) is 28.2. The molecule has 1 heterocycles. The number of nitrogens with one attached hydrogen (secondary N) is 2. The van der Waals surface area contributed by atoms with Gasteiger partial charge in [0, 0.05) is 23.2 Å². The van der Waals surface area contributed by atoms with E-state index in [0.29, 0.717) is 41.9 Å². The number of methoxy groups -OCH3 is 2. The Kier molecular flexibility index (Phi) is 8.59. The Morgan fingerprint density at radius 3 is 2.59 bits per heavy atom. The average molecular weight is 544 g/mol. The van der Waals surface area contributed by atoms with Crippen molar-refractivity contribution < 1.29 is 38.5 Å². The van der Waals surface area contributed by atoms with Gasteiger partial charge in [-0.3, -0.25) is 14.5 Å². The minimum absolute atomic E-state index is 0.0386. The molecule has 0 radical (unpaired) electrons. The van der Waals surface area contributed by atoms with E-state index in [9.17, 15) is 29.0 Å². The molecule has 1 aliphatic carbocycles. The van der Waals surface area contributed by atoms with Gasteiger partial charge in [-0.1, -0.05) is 6.42 Å². The maximum Gasteiger partial charge on any atom is 0.412 e. The van der Waals surface area contributed by atoms with Crippen molar-refractivity contribution in [2.75, 3.05) is 29.8 Å². The molecule has 2 unspecified atom stereocenters. The largest absolute Gasteiger partial charge is 0.496 e. The highest BCUT2D eigenvalue weighted by atomic mass is 19.1. The molecule has 210 valence electrons. The van der Waals surface area contributed by atoms with Crippen LogP contribution in [0, 0.1) is 11.7 Å². The number of benzene rings is 2. The third-order valence-corrected chi connectivity index (χ3v) is 7.56. The van der Waals surface area contributed by atoms with Crippen molar-refractivity contribution in [1.29, 1.82) is 0 Å². The Balaban J connectivity index is 1.70. The van der Waals surface area contributed by atoms with Gasteiger partial charge < -0.3 is 30.3 Å². The van der Waals surface area contributed by atoms with Gasteiger partial charge in [0.25, 0.3) is 5.91 Å². The van der Waals surface area contributed by atoms with Crippen LogP contribution in [0.4, 0.5) is 26.2 Å². The van der Waals surface area contributed by atoms with E-state index in [2.05, 4.69) is 10.6 Å². The fraction of sp³-hybridized carbons (Fsp3) is 0.464. The monoisotopic (exact) mass is 543 g/mol. The molecule has 2 aromatic carbocycles. The second-order valence-corrected chi connectivity index (χ2v) is 10.0. The Labute approximate surface area is 226 Å². The first-order chi connectivity index (χ1) is 18.6. The Morgan fingerprint density at radius 2 is 1.90 bits per heavy atom. The zero-order chi connectivity index (χ0) is 28.3. The molecule has 1 fully saturated rings. The highest BCUT2D eigenvalue weighted by molar-refractivity contribution is 6.01. The molecule has 2 aromatic rings. The summed E-state index contributed by atoms with van der Waals surface area (Å²) in [5.41, 5.74) is 1.88. The van der Waals surface area contributed by atoms with Crippen molar-refractivity contribution in [1.82, 2.24) is 0 Å². The van der Waals surface area contributed by atoms with Gasteiger partial charge in [0.05, 0.1) is 37.2 Å². The summed E-state index contributed by atoms with van der Waals surface area (Å²) in [5.74, 6) is -1.83. The highest BCUT2D eigenvalue weighted by Crippen LogP contribution is 2.42. The summed E-state index contributed by atoms with van der Waals surface area (Å²) >= 11 is 0. The topological polar surface area (TPSA) is 137 Å². The number of hydrogen-bond donors (Lipinski definition) is 4. The van der Waals surface area contributed by atoms with Crippen LogP contribution in [0.15, 0.2) is 30.3 Å². The summed E-state index contributed by atoms with van der Waals surface area (Å²) < 4.78 is 24.1. The van der Waals surface area contributed by atoms with Crippen molar-refractivity contribution in [3.8, 4) is 5.75 Å². The van der Waals surface area contributed by atoms with Crippen molar-refractivity contribution in [2.45, 2.75) is 63.6 Å². The molecule has 0 aromatic heterocycles. The molecule has 39 heavy (non-hydrogen) atoms. The average Bonchev–Trinajstić information content (AvgIpc) is 2.93. The maximum atomic E-state index is 14.0. The highest BCUT2D eigenvalue weighted by Gasteiger charge is 2.33. The molecule has 1 saturated carbocycles. The van der Waals surface area contributed by atoms with E-state index in [-0.39, 0.29) is 35.3 Å². The standard InChI is InChI=1S/C28H34FN3O7/c1-15-7-9-19-22(32(15)28(36)37)11-10-21(30-18-6-4-5-16(13-18)27(35)39-3)24(19)31-26(34)25(33)20-14-17(29)8-12-23(20)38-2/h8,10-12,14-16,18,25,30,33H,4-7,9,13H2,1-3H3,(H,31,34)(H,36,37)/t15?,16-,18-,25?/m1/s1. The second kappa shape index (κ2) is 11.9. The molecule has 4 N–H and O–H groups in total. The second-order valence-electron chi connectivity index (χ2n) is 10.0. The lowest BCUT2D eigenvalue weighted by atomic mass is 9.85.